The van der Waals surface area contributed by atoms with Gasteiger partial charge in [0.2, 0.25) is 0 Å². The van der Waals surface area contributed by atoms with Gasteiger partial charge in [-0.05, 0) is 50.2 Å². The van der Waals surface area contributed by atoms with Gasteiger partial charge in [0.05, 0.1) is 26.4 Å². The van der Waals surface area contributed by atoms with Gasteiger partial charge in [0, 0.05) is 18.7 Å². The molecule has 122 valence electrons. The van der Waals surface area contributed by atoms with Crippen molar-refractivity contribution in [3.63, 3.8) is 0 Å². The Balaban J connectivity index is 1.92. The molecule has 1 heterocycles. The Kier molecular flexibility index (Phi) is 6.27. The molecule has 1 aromatic rings. The van der Waals surface area contributed by atoms with E-state index in [0.717, 1.165) is 43.1 Å². The molecule has 0 spiro atoms. The van der Waals surface area contributed by atoms with Gasteiger partial charge < -0.3 is 24.8 Å². The Hall–Kier alpha value is -1.53. The molecule has 1 fully saturated rings. The molecule has 1 saturated heterocycles. The molecule has 0 unspecified atom stereocenters. The summed E-state index contributed by atoms with van der Waals surface area (Å²) >= 11 is 5.36. The molecule has 0 radical (unpaired) electrons. The average molecular weight is 324 g/mol. The highest BCUT2D eigenvalue weighted by Crippen LogP contribution is 2.29. The molecule has 0 amide bonds. The molecule has 6 heteroatoms. The monoisotopic (exact) mass is 324 g/mol. The maximum atomic E-state index is 5.57. The van der Waals surface area contributed by atoms with E-state index >= 15 is 0 Å². The van der Waals surface area contributed by atoms with Crippen LogP contribution in [0.5, 0.6) is 11.5 Å². The Morgan fingerprint density at radius 3 is 2.86 bits per heavy atom. The van der Waals surface area contributed by atoms with Gasteiger partial charge in [0.25, 0.3) is 0 Å². The Labute approximate surface area is 137 Å². The second kappa shape index (κ2) is 8.19. The molecule has 0 saturated carbocycles. The van der Waals surface area contributed by atoms with E-state index in [4.69, 9.17) is 26.4 Å². The lowest BCUT2D eigenvalue weighted by molar-refractivity contribution is 0.114. The average Bonchev–Trinajstić information content (AvgIpc) is 3.05. The zero-order valence-corrected chi connectivity index (χ0v) is 14.2. The largest absolute Gasteiger partial charge is 0.497 e. The van der Waals surface area contributed by atoms with Crippen LogP contribution in [-0.2, 0) is 4.74 Å². The maximum absolute atomic E-state index is 5.57. The second-order valence-corrected chi connectivity index (χ2v) is 5.73. The van der Waals surface area contributed by atoms with E-state index in [2.05, 4.69) is 10.6 Å². The van der Waals surface area contributed by atoms with Crippen LogP contribution in [-0.4, -0.2) is 38.6 Å². The first-order valence-electron chi connectivity index (χ1n) is 7.52. The van der Waals surface area contributed by atoms with E-state index in [1.807, 2.05) is 25.1 Å². The predicted octanol–water partition coefficient (Wildman–Crippen LogP) is 2.41. The third-order valence-electron chi connectivity index (χ3n) is 3.77. The highest BCUT2D eigenvalue weighted by Gasteiger charge is 2.17. The number of benzene rings is 1. The van der Waals surface area contributed by atoms with E-state index in [-0.39, 0.29) is 12.1 Å². The van der Waals surface area contributed by atoms with Gasteiger partial charge in [-0.15, -0.1) is 0 Å². The van der Waals surface area contributed by atoms with Crippen molar-refractivity contribution in [2.24, 2.45) is 0 Å². The lowest BCUT2D eigenvalue weighted by Crippen LogP contribution is -2.40. The Morgan fingerprint density at radius 1 is 1.41 bits per heavy atom. The number of hydrogen-bond donors (Lipinski definition) is 2. The van der Waals surface area contributed by atoms with Gasteiger partial charge in [-0.25, -0.2) is 0 Å². The molecule has 1 aromatic carbocycles. The van der Waals surface area contributed by atoms with Gasteiger partial charge >= 0.3 is 0 Å². The van der Waals surface area contributed by atoms with Crippen molar-refractivity contribution < 1.29 is 14.2 Å². The van der Waals surface area contributed by atoms with Crippen LogP contribution in [0.15, 0.2) is 18.2 Å². The molecule has 2 N–H and O–H groups in total. The summed E-state index contributed by atoms with van der Waals surface area (Å²) in [6.45, 7) is 3.63. The molecular formula is C16H24N2O3S. The SMILES string of the molecule is COc1ccc(OC)c([C@@H](C)NC(=S)NC[C@@H]2CCCO2)c1. The predicted molar refractivity (Wildman–Crippen MR) is 90.7 cm³/mol. The number of methoxy groups -OCH3 is 2. The number of hydrogen-bond acceptors (Lipinski definition) is 4. The first kappa shape index (κ1) is 16.8. The molecular weight excluding hydrogens is 300 g/mol. The third kappa shape index (κ3) is 4.48. The molecule has 5 nitrogen and oxygen atoms in total. The van der Waals surface area contributed by atoms with E-state index < -0.39 is 0 Å². The van der Waals surface area contributed by atoms with Crippen LogP contribution >= 0.6 is 12.2 Å². The molecule has 0 aliphatic carbocycles. The quantitative estimate of drug-likeness (QED) is 0.784. The lowest BCUT2D eigenvalue weighted by Gasteiger charge is -2.21. The minimum atomic E-state index is 0.00884. The van der Waals surface area contributed by atoms with E-state index in [0.29, 0.717) is 5.11 Å². The Bertz CT molecular complexity index is 504. The summed E-state index contributed by atoms with van der Waals surface area (Å²) in [6.07, 6.45) is 2.49. The van der Waals surface area contributed by atoms with Gasteiger partial charge in [-0.1, -0.05) is 0 Å². The highest BCUT2D eigenvalue weighted by atomic mass is 32.1. The molecule has 2 rings (SSSR count). The second-order valence-electron chi connectivity index (χ2n) is 5.32. The minimum absolute atomic E-state index is 0.00884. The number of rotatable bonds is 6. The summed E-state index contributed by atoms with van der Waals surface area (Å²) in [4.78, 5) is 0. The van der Waals surface area contributed by atoms with Crippen LogP contribution in [0, 0.1) is 0 Å². The summed E-state index contributed by atoms with van der Waals surface area (Å²) in [7, 11) is 3.31. The zero-order chi connectivity index (χ0) is 15.9. The van der Waals surface area contributed by atoms with Crippen molar-refractivity contribution >= 4 is 17.3 Å². The van der Waals surface area contributed by atoms with Crippen molar-refractivity contribution in [3.05, 3.63) is 23.8 Å². The summed E-state index contributed by atoms with van der Waals surface area (Å²) in [5, 5.41) is 7.11. The summed E-state index contributed by atoms with van der Waals surface area (Å²) in [5.41, 5.74) is 1.00. The van der Waals surface area contributed by atoms with Gasteiger partial charge in [0.15, 0.2) is 5.11 Å². The first-order chi connectivity index (χ1) is 10.6. The zero-order valence-electron chi connectivity index (χ0n) is 13.3. The van der Waals surface area contributed by atoms with Crippen LogP contribution < -0.4 is 20.1 Å². The fourth-order valence-electron chi connectivity index (χ4n) is 2.52. The highest BCUT2D eigenvalue weighted by molar-refractivity contribution is 7.80. The molecule has 0 aromatic heterocycles. The smallest absolute Gasteiger partial charge is 0.166 e. The Morgan fingerprint density at radius 2 is 2.23 bits per heavy atom. The maximum Gasteiger partial charge on any atom is 0.166 e. The molecule has 22 heavy (non-hydrogen) atoms. The fraction of sp³-hybridized carbons (Fsp3) is 0.562. The van der Waals surface area contributed by atoms with Crippen molar-refractivity contribution in [2.45, 2.75) is 31.9 Å². The summed E-state index contributed by atoms with van der Waals surface area (Å²) < 4.78 is 16.3. The van der Waals surface area contributed by atoms with E-state index in [9.17, 15) is 0 Å². The lowest BCUT2D eigenvalue weighted by atomic mass is 10.1. The standard InChI is InChI=1S/C16H24N2O3S/c1-11(14-9-12(19-2)6-7-15(14)20-3)18-16(22)17-10-13-5-4-8-21-13/h6-7,9,11,13H,4-5,8,10H2,1-3H3,(H2,17,18,22)/t11-,13+/m1/s1. The van der Waals surface area contributed by atoms with Crippen molar-refractivity contribution in [1.82, 2.24) is 10.6 Å². The van der Waals surface area contributed by atoms with Crippen molar-refractivity contribution in [2.75, 3.05) is 27.4 Å². The van der Waals surface area contributed by atoms with Gasteiger partial charge in [-0.3, -0.25) is 0 Å². The van der Waals surface area contributed by atoms with Crippen LogP contribution in [0.2, 0.25) is 0 Å². The van der Waals surface area contributed by atoms with E-state index in [1.165, 1.54) is 0 Å². The van der Waals surface area contributed by atoms with Crippen molar-refractivity contribution in [1.29, 1.82) is 0 Å². The molecule has 1 aliphatic heterocycles. The summed E-state index contributed by atoms with van der Waals surface area (Å²) in [5.74, 6) is 1.60. The topological polar surface area (TPSA) is 51.8 Å². The number of thiocarbonyl (C=S) groups is 1. The number of ether oxygens (including phenoxy) is 3. The molecule has 1 aliphatic rings. The minimum Gasteiger partial charge on any atom is -0.497 e. The summed E-state index contributed by atoms with van der Waals surface area (Å²) in [6, 6.07) is 5.74. The first-order valence-corrected chi connectivity index (χ1v) is 7.92. The fourth-order valence-corrected chi connectivity index (χ4v) is 2.78. The van der Waals surface area contributed by atoms with Gasteiger partial charge in [-0.2, -0.15) is 0 Å². The normalized spacial score (nSPS) is 18.6. The van der Waals surface area contributed by atoms with Crippen molar-refractivity contribution in [3.8, 4) is 11.5 Å². The molecule has 0 bridgehead atoms. The van der Waals surface area contributed by atoms with Crippen LogP contribution in [0.1, 0.15) is 31.4 Å². The van der Waals surface area contributed by atoms with Crippen LogP contribution in [0.25, 0.3) is 0 Å². The third-order valence-corrected chi connectivity index (χ3v) is 4.03. The van der Waals surface area contributed by atoms with Gasteiger partial charge in [0.1, 0.15) is 11.5 Å². The molecule has 2 atom stereocenters. The van der Waals surface area contributed by atoms with Crippen LogP contribution in [0.3, 0.4) is 0 Å². The van der Waals surface area contributed by atoms with E-state index in [1.54, 1.807) is 14.2 Å². The van der Waals surface area contributed by atoms with Crippen LogP contribution in [0.4, 0.5) is 0 Å². The number of nitrogens with one attached hydrogen (secondary N) is 2.